The van der Waals surface area contributed by atoms with Gasteiger partial charge >= 0.3 is 0 Å². The lowest BCUT2D eigenvalue weighted by Crippen LogP contribution is -2.30. The topological polar surface area (TPSA) is 68.4 Å². The lowest BCUT2D eigenvalue weighted by molar-refractivity contribution is 0.281. The van der Waals surface area contributed by atoms with Crippen LogP contribution in [0.2, 0.25) is 0 Å². The highest BCUT2D eigenvalue weighted by Gasteiger charge is 2.16. The summed E-state index contributed by atoms with van der Waals surface area (Å²) >= 11 is 0. The molecule has 5 nitrogen and oxygen atoms in total. The van der Waals surface area contributed by atoms with Crippen LogP contribution in [0.5, 0.6) is 0 Å². The number of aliphatic hydroxyl groups is 2. The first-order chi connectivity index (χ1) is 13.3. The van der Waals surface area contributed by atoms with E-state index in [1.807, 2.05) is 83.8 Å². The first-order valence-electron chi connectivity index (χ1n) is 8.95. The maximum Gasteiger partial charge on any atom is 0.0956 e. The van der Waals surface area contributed by atoms with Gasteiger partial charge in [0.05, 0.1) is 24.6 Å². The van der Waals surface area contributed by atoms with Crippen LogP contribution in [0.1, 0.15) is 0 Å². The van der Waals surface area contributed by atoms with Crippen molar-refractivity contribution in [1.29, 1.82) is 0 Å². The normalized spacial score (nSPS) is 11.0. The maximum absolute atomic E-state index is 9.44. The fourth-order valence-electron chi connectivity index (χ4n) is 2.98. The summed E-state index contributed by atoms with van der Waals surface area (Å²) in [6, 6.07) is 25.4. The van der Waals surface area contributed by atoms with Gasteiger partial charge in [-0.25, -0.2) is 0 Å². The van der Waals surface area contributed by atoms with Gasteiger partial charge in [0.2, 0.25) is 0 Å². The average Bonchev–Trinajstić information content (AvgIpc) is 2.73. The van der Waals surface area contributed by atoms with Crippen LogP contribution in [-0.2, 0) is 0 Å². The molecular weight excluding hydrogens is 338 g/mol. The Morgan fingerprint density at radius 3 is 1.93 bits per heavy atom. The molecule has 0 fully saturated rings. The Balaban J connectivity index is 2.10. The van der Waals surface area contributed by atoms with Gasteiger partial charge in [-0.1, -0.05) is 54.6 Å². The molecule has 0 amide bonds. The zero-order valence-electron chi connectivity index (χ0n) is 15.1. The third-order valence-electron chi connectivity index (χ3n) is 4.19. The van der Waals surface area contributed by atoms with E-state index in [1.54, 1.807) is 0 Å². The first kappa shape index (κ1) is 18.8. The molecule has 27 heavy (non-hydrogen) atoms. The minimum Gasteiger partial charge on any atom is -0.395 e. The molecule has 0 aliphatic rings. The van der Waals surface area contributed by atoms with Crippen molar-refractivity contribution in [3.05, 3.63) is 78.9 Å². The molecule has 0 aliphatic heterocycles. The number of azo groups is 1. The Bertz CT molecular complexity index is 861. The van der Waals surface area contributed by atoms with Crippen molar-refractivity contribution < 1.29 is 10.2 Å². The van der Waals surface area contributed by atoms with Crippen molar-refractivity contribution in [1.82, 2.24) is 0 Å². The third kappa shape index (κ3) is 4.78. The number of benzene rings is 3. The lowest BCUT2D eigenvalue weighted by Gasteiger charge is -2.26. The van der Waals surface area contributed by atoms with E-state index in [0.717, 1.165) is 28.2 Å². The molecule has 0 heterocycles. The van der Waals surface area contributed by atoms with Crippen molar-refractivity contribution in [2.75, 3.05) is 31.2 Å². The van der Waals surface area contributed by atoms with Crippen LogP contribution in [0.25, 0.3) is 11.1 Å². The van der Waals surface area contributed by atoms with Gasteiger partial charge in [0.15, 0.2) is 0 Å². The average molecular weight is 361 g/mol. The van der Waals surface area contributed by atoms with Gasteiger partial charge in [0.25, 0.3) is 0 Å². The molecule has 0 spiro atoms. The van der Waals surface area contributed by atoms with Gasteiger partial charge in [-0.15, -0.1) is 5.11 Å². The van der Waals surface area contributed by atoms with E-state index in [-0.39, 0.29) is 13.2 Å². The minimum atomic E-state index is 0.00396. The van der Waals surface area contributed by atoms with Crippen LogP contribution >= 0.6 is 0 Å². The fourth-order valence-corrected chi connectivity index (χ4v) is 2.98. The zero-order chi connectivity index (χ0) is 18.9. The quantitative estimate of drug-likeness (QED) is 0.578. The number of aliphatic hydroxyl groups excluding tert-OH is 2. The van der Waals surface area contributed by atoms with Crippen molar-refractivity contribution >= 4 is 17.1 Å². The summed E-state index contributed by atoms with van der Waals surface area (Å²) in [7, 11) is 0. The molecular formula is C22H23N3O2. The van der Waals surface area contributed by atoms with Gasteiger partial charge in [0, 0.05) is 24.3 Å². The molecule has 3 aromatic carbocycles. The monoisotopic (exact) mass is 361 g/mol. The molecule has 0 bridgehead atoms. The van der Waals surface area contributed by atoms with Crippen LogP contribution < -0.4 is 4.90 Å². The van der Waals surface area contributed by atoms with E-state index in [1.165, 1.54) is 0 Å². The van der Waals surface area contributed by atoms with Crippen molar-refractivity contribution in [3.8, 4) is 11.1 Å². The predicted molar refractivity (Wildman–Crippen MR) is 109 cm³/mol. The summed E-state index contributed by atoms with van der Waals surface area (Å²) in [4.78, 5) is 1.96. The molecule has 0 atom stereocenters. The predicted octanol–water partition coefficient (Wildman–Crippen LogP) is 4.56. The third-order valence-corrected chi connectivity index (χ3v) is 4.19. The van der Waals surface area contributed by atoms with Gasteiger partial charge in [-0.2, -0.15) is 5.11 Å². The Kier molecular flexibility index (Phi) is 6.68. The van der Waals surface area contributed by atoms with Crippen LogP contribution in [0, 0.1) is 0 Å². The standard InChI is InChI=1S/C22H23N3O2/c26-16-14-25(15-17-27)21-13-7-12-20(22(21)18-8-3-1-4-9-18)24-23-19-10-5-2-6-11-19/h1-13,26-27H,14-17H2. The highest BCUT2D eigenvalue weighted by Crippen LogP contribution is 2.39. The van der Waals surface area contributed by atoms with E-state index in [0.29, 0.717) is 13.1 Å². The van der Waals surface area contributed by atoms with Crippen LogP contribution in [-0.4, -0.2) is 36.5 Å². The van der Waals surface area contributed by atoms with Gasteiger partial charge in [-0.05, 0) is 29.8 Å². The Hall–Kier alpha value is -3.02. The number of rotatable bonds is 8. The molecule has 0 saturated heterocycles. The summed E-state index contributed by atoms with van der Waals surface area (Å²) in [5.41, 5.74) is 4.37. The van der Waals surface area contributed by atoms with E-state index in [9.17, 15) is 10.2 Å². The smallest absolute Gasteiger partial charge is 0.0956 e. The number of hydrogen-bond acceptors (Lipinski definition) is 5. The lowest BCUT2D eigenvalue weighted by atomic mass is 10.0. The van der Waals surface area contributed by atoms with Crippen molar-refractivity contribution in [2.45, 2.75) is 0 Å². The number of anilines is 1. The summed E-state index contributed by atoms with van der Waals surface area (Å²) in [6.07, 6.45) is 0. The Morgan fingerprint density at radius 1 is 0.667 bits per heavy atom. The molecule has 0 saturated carbocycles. The molecule has 138 valence electrons. The van der Waals surface area contributed by atoms with E-state index >= 15 is 0 Å². The maximum atomic E-state index is 9.44. The second kappa shape index (κ2) is 9.62. The van der Waals surface area contributed by atoms with E-state index < -0.39 is 0 Å². The summed E-state index contributed by atoms with van der Waals surface area (Å²) < 4.78 is 0. The molecule has 5 heteroatoms. The Labute approximate surface area is 159 Å². The SMILES string of the molecule is OCCN(CCO)c1cccc(N=Nc2ccccc2)c1-c1ccccc1. The second-order valence-electron chi connectivity index (χ2n) is 6.01. The zero-order valence-corrected chi connectivity index (χ0v) is 15.1. The molecule has 0 unspecified atom stereocenters. The van der Waals surface area contributed by atoms with Crippen molar-refractivity contribution in [3.63, 3.8) is 0 Å². The summed E-state index contributed by atoms with van der Waals surface area (Å²) in [6.45, 7) is 0.868. The highest BCUT2D eigenvalue weighted by atomic mass is 16.3. The molecule has 0 aliphatic carbocycles. The largest absolute Gasteiger partial charge is 0.395 e. The number of hydrogen-bond donors (Lipinski definition) is 2. The van der Waals surface area contributed by atoms with Crippen LogP contribution in [0.15, 0.2) is 89.1 Å². The summed E-state index contributed by atoms with van der Waals surface area (Å²) in [5.74, 6) is 0. The van der Waals surface area contributed by atoms with Gasteiger partial charge < -0.3 is 15.1 Å². The van der Waals surface area contributed by atoms with Crippen molar-refractivity contribution in [2.24, 2.45) is 10.2 Å². The Morgan fingerprint density at radius 2 is 1.30 bits per heavy atom. The molecule has 3 aromatic rings. The highest BCUT2D eigenvalue weighted by molar-refractivity contribution is 5.87. The molecule has 0 radical (unpaired) electrons. The number of nitrogens with zero attached hydrogens (tertiary/aromatic N) is 3. The summed E-state index contributed by atoms with van der Waals surface area (Å²) in [5, 5.41) is 27.7. The van der Waals surface area contributed by atoms with E-state index in [4.69, 9.17) is 0 Å². The first-order valence-corrected chi connectivity index (χ1v) is 8.95. The molecule has 0 aromatic heterocycles. The van der Waals surface area contributed by atoms with Crippen LogP contribution in [0.4, 0.5) is 17.1 Å². The van der Waals surface area contributed by atoms with E-state index in [2.05, 4.69) is 10.2 Å². The minimum absolute atomic E-state index is 0.00396. The van der Waals surface area contributed by atoms with Gasteiger partial charge in [-0.3, -0.25) is 0 Å². The fraction of sp³-hybridized carbons (Fsp3) is 0.182. The molecule has 2 N–H and O–H groups in total. The second-order valence-corrected chi connectivity index (χ2v) is 6.01. The molecule has 3 rings (SSSR count). The van der Waals surface area contributed by atoms with Crippen LogP contribution in [0.3, 0.4) is 0 Å². The van der Waals surface area contributed by atoms with Gasteiger partial charge in [0.1, 0.15) is 0 Å².